The molecule has 29 heavy (non-hydrogen) atoms. The van der Waals surface area contributed by atoms with Crippen molar-refractivity contribution in [1.82, 2.24) is 15.3 Å². The van der Waals surface area contributed by atoms with Gasteiger partial charge in [-0.25, -0.2) is 9.97 Å². The van der Waals surface area contributed by atoms with Crippen molar-refractivity contribution in [1.29, 1.82) is 0 Å². The van der Waals surface area contributed by atoms with Crippen LogP contribution in [0.15, 0.2) is 76.9 Å². The minimum atomic E-state index is -0.0367. The number of nitrogens with zero attached hydrogens (tertiary/aromatic N) is 2. The average molecular weight is 426 g/mol. The molecule has 3 rings (SSSR count). The van der Waals surface area contributed by atoms with Crippen molar-refractivity contribution in [2.45, 2.75) is 15.9 Å². The van der Waals surface area contributed by atoms with Gasteiger partial charge in [-0.05, 0) is 11.6 Å². The smallest absolute Gasteiger partial charge is 0.230 e. The van der Waals surface area contributed by atoms with Crippen LogP contribution in [0, 0.1) is 0 Å². The van der Waals surface area contributed by atoms with Gasteiger partial charge in [0.1, 0.15) is 5.03 Å². The zero-order chi connectivity index (χ0) is 20.3. The van der Waals surface area contributed by atoms with Gasteiger partial charge < -0.3 is 10.1 Å². The molecule has 150 valence electrons. The van der Waals surface area contributed by atoms with Gasteiger partial charge in [0.2, 0.25) is 5.91 Å². The lowest BCUT2D eigenvalue weighted by molar-refractivity contribution is -0.118. The Hall–Kier alpha value is -2.35. The molecule has 5 nitrogen and oxygen atoms in total. The molecule has 0 aliphatic heterocycles. The lowest BCUT2D eigenvalue weighted by Gasteiger charge is -2.09. The SMILES string of the molecule is COCCNC(=O)CSc1cc(-c2ccccc2)nc(SCc2ccccc2)n1. The van der Waals surface area contributed by atoms with E-state index in [9.17, 15) is 4.79 Å². The van der Waals surface area contributed by atoms with Gasteiger partial charge in [0.25, 0.3) is 0 Å². The Bertz CT molecular complexity index is 908. The topological polar surface area (TPSA) is 64.1 Å². The Labute approximate surface area is 179 Å². The number of amides is 1. The predicted molar refractivity (Wildman–Crippen MR) is 119 cm³/mol. The Morgan fingerprint density at radius 1 is 1.00 bits per heavy atom. The van der Waals surface area contributed by atoms with Gasteiger partial charge in [-0.2, -0.15) is 0 Å². The Balaban J connectivity index is 1.73. The summed E-state index contributed by atoms with van der Waals surface area (Å²) in [5, 5.41) is 4.32. The fourth-order valence-electron chi connectivity index (χ4n) is 2.50. The van der Waals surface area contributed by atoms with Crippen LogP contribution in [0.25, 0.3) is 11.3 Å². The number of aromatic nitrogens is 2. The number of hydrogen-bond donors (Lipinski definition) is 1. The summed E-state index contributed by atoms with van der Waals surface area (Å²) in [6, 6.07) is 22.2. The molecule has 2 aromatic carbocycles. The fourth-order valence-corrected chi connectivity index (χ4v) is 4.10. The van der Waals surface area contributed by atoms with E-state index in [4.69, 9.17) is 9.72 Å². The molecule has 1 N–H and O–H groups in total. The monoisotopic (exact) mass is 425 g/mol. The van der Waals surface area contributed by atoms with Crippen molar-refractivity contribution in [2.24, 2.45) is 0 Å². The molecule has 0 spiro atoms. The number of carbonyl (C=O) groups excluding carboxylic acids is 1. The molecule has 7 heteroatoms. The Kier molecular flexibility index (Phi) is 8.55. The lowest BCUT2D eigenvalue weighted by atomic mass is 10.1. The number of benzene rings is 2. The van der Waals surface area contributed by atoms with E-state index in [1.165, 1.54) is 17.3 Å². The molecule has 0 aliphatic rings. The summed E-state index contributed by atoms with van der Waals surface area (Å²) in [6.07, 6.45) is 0. The van der Waals surface area contributed by atoms with Gasteiger partial charge >= 0.3 is 0 Å². The highest BCUT2D eigenvalue weighted by atomic mass is 32.2. The van der Waals surface area contributed by atoms with Crippen LogP contribution in [-0.2, 0) is 15.3 Å². The molecule has 0 radical (unpaired) electrons. The molecule has 3 aromatic rings. The third-order valence-corrected chi connectivity index (χ3v) is 5.77. The standard InChI is InChI=1S/C22H23N3O2S2/c1-27-13-12-23-20(26)16-28-21-14-19(18-10-6-3-7-11-18)24-22(25-21)29-15-17-8-4-2-5-9-17/h2-11,14H,12-13,15-16H2,1H3,(H,23,26). The van der Waals surface area contributed by atoms with Gasteiger partial charge in [0, 0.05) is 25.0 Å². The molecule has 0 saturated heterocycles. The van der Waals surface area contributed by atoms with Gasteiger partial charge in [-0.1, -0.05) is 84.2 Å². The minimum absolute atomic E-state index is 0.0367. The van der Waals surface area contributed by atoms with Crippen molar-refractivity contribution in [3.8, 4) is 11.3 Å². The summed E-state index contributed by atoms with van der Waals surface area (Å²) in [4.78, 5) is 21.4. The first-order chi connectivity index (χ1) is 14.2. The van der Waals surface area contributed by atoms with Crippen LogP contribution in [0.1, 0.15) is 5.56 Å². The summed E-state index contributed by atoms with van der Waals surface area (Å²) in [5.41, 5.74) is 3.11. The third kappa shape index (κ3) is 7.20. The lowest BCUT2D eigenvalue weighted by Crippen LogP contribution is -2.28. The summed E-state index contributed by atoms with van der Waals surface area (Å²) in [6.45, 7) is 1.01. The van der Waals surface area contributed by atoms with Crippen LogP contribution in [0.4, 0.5) is 0 Å². The maximum Gasteiger partial charge on any atom is 0.230 e. The second kappa shape index (κ2) is 11.6. The normalized spacial score (nSPS) is 10.7. The summed E-state index contributed by atoms with van der Waals surface area (Å²) in [5.74, 6) is 1.06. The molecule has 0 aliphatic carbocycles. The summed E-state index contributed by atoms with van der Waals surface area (Å²) < 4.78 is 4.95. The fraction of sp³-hybridized carbons (Fsp3) is 0.227. The molecule has 0 saturated carbocycles. The molecular weight excluding hydrogens is 402 g/mol. The molecule has 1 amide bonds. The van der Waals surface area contributed by atoms with Gasteiger partial charge in [0.05, 0.1) is 18.1 Å². The van der Waals surface area contributed by atoms with Crippen molar-refractivity contribution < 1.29 is 9.53 Å². The predicted octanol–water partition coefficient (Wildman–Crippen LogP) is 4.29. The van der Waals surface area contributed by atoms with Gasteiger partial charge in [-0.3, -0.25) is 4.79 Å². The number of methoxy groups -OCH3 is 1. The number of hydrogen-bond acceptors (Lipinski definition) is 6. The Morgan fingerprint density at radius 2 is 1.72 bits per heavy atom. The molecule has 0 atom stereocenters. The first-order valence-electron chi connectivity index (χ1n) is 9.24. The molecule has 1 heterocycles. The average Bonchev–Trinajstić information content (AvgIpc) is 2.78. The number of carbonyl (C=O) groups is 1. The van der Waals surface area contributed by atoms with Crippen LogP contribution in [0.2, 0.25) is 0 Å². The molecule has 0 unspecified atom stereocenters. The number of nitrogens with one attached hydrogen (secondary N) is 1. The van der Waals surface area contributed by atoms with Crippen LogP contribution >= 0.6 is 23.5 Å². The highest BCUT2D eigenvalue weighted by Crippen LogP contribution is 2.27. The first kappa shape index (κ1) is 21.4. The van der Waals surface area contributed by atoms with Crippen molar-refractivity contribution in [2.75, 3.05) is 26.0 Å². The van der Waals surface area contributed by atoms with E-state index in [1.54, 1.807) is 18.9 Å². The largest absolute Gasteiger partial charge is 0.383 e. The van der Waals surface area contributed by atoms with Crippen molar-refractivity contribution in [3.05, 3.63) is 72.3 Å². The molecule has 0 bridgehead atoms. The quantitative estimate of drug-likeness (QED) is 0.226. The second-order valence-electron chi connectivity index (χ2n) is 6.15. The molecule has 0 fully saturated rings. The van der Waals surface area contributed by atoms with Crippen molar-refractivity contribution >= 4 is 29.4 Å². The third-order valence-electron chi connectivity index (χ3n) is 3.94. The maximum atomic E-state index is 12.0. The van der Waals surface area contributed by atoms with Crippen LogP contribution in [0.3, 0.4) is 0 Å². The summed E-state index contributed by atoms with van der Waals surface area (Å²) in [7, 11) is 1.61. The second-order valence-corrected chi connectivity index (χ2v) is 8.08. The minimum Gasteiger partial charge on any atom is -0.383 e. The number of ether oxygens (including phenoxy) is 1. The van der Waals surface area contributed by atoms with Gasteiger partial charge in [-0.15, -0.1) is 0 Å². The van der Waals surface area contributed by atoms with E-state index in [2.05, 4.69) is 22.4 Å². The van der Waals surface area contributed by atoms with Crippen LogP contribution in [-0.4, -0.2) is 41.9 Å². The van der Waals surface area contributed by atoms with E-state index in [0.717, 1.165) is 22.0 Å². The maximum absolute atomic E-state index is 12.0. The van der Waals surface area contributed by atoms with Crippen molar-refractivity contribution in [3.63, 3.8) is 0 Å². The highest BCUT2D eigenvalue weighted by Gasteiger charge is 2.10. The van der Waals surface area contributed by atoms with Gasteiger partial charge in [0.15, 0.2) is 5.16 Å². The molecule has 1 aromatic heterocycles. The zero-order valence-electron chi connectivity index (χ0n) is 16.2. The number of rotatable bonds is 10. The number of thioether (sulfide) groups is 2. The van der Waals surface area contributed by atoms with Crippen LogP contribution in [0.5, 0.6) is 0 Å². The zero-order valence-corrected chi connectivity index (χ0v) is 17.8. The van der Waals surface area contributed by atoms with E-state index in [-0.39, 0.29) is 5.91 Å². The molecular formula is C22H23N3O2S2. The Morgan fingerprint density at radius 3 is 2.45 bits per heavy atom. The highest BCUT2D eigenvalue weighted by molar-refractivity contribution is 8.00. The van der Waals surface area contributed by atoms with E-state index < -0.39 is 0 Å². The first-order valence-corrected chi connectivity index (χ1v) is 11.2. The van der Waals surface area contributed by atoms with E-state index >= 15 is 0 Å². The van der Waals surface area contributed by atoms with Crippen LogP contribution < -0.4 is 5.32 Å². The summed E-state index contributed by atoms with van der Waals surface area (Å²) >= 11 is 3.01. The van der Waals surface area contributed by atoms with E-state index in [1.807, 2.05) is 54.6 Å². The van der Waals surface area contributed by atoms with E-state index in [0.29, 0.717) is 24.1 Å².